The number of nitrogens with zero attached hydrogens (tertiary/aromatic N) is 8. The van der Waals surface area contributed by atoms with Crippen molar-refractivity contribution in [1.82, 2.24) is 40.0 Å². The Morgan fingerprint density at radius 3 is 2.21 bits per heavy atom. The van der Waals surface area contributed by atoms with Gasteiger partial charge in [0.05, 0.1) is 17.4 Å². The molecule has 7 heterocycles. The summed E-state index contributed by atoms with van der Waals surface area (Å²) in [4.78, 5) is 88.6. The molecule has 0 spiro atoms. The number of imide groups is 2. The van der Waals surface area contributed by atoms with Crippen LogP contribution in [0, 0.1) is 5.92 Å². The van der Waals surface area contributed by atoms with E-state index in [9.17, 15) is 28.8 Å². The number of nitrogens with one attached hydrogen (secondary N) is 2. The molecule has 0 saturated carbocycles. The smallest absolute Gasteiger partial charge is 0.262 e. The Kier molecular flexibility index (Phi) is 14.0. The standard InChI is InChI=1S/C50H58N10O7/c61-44-20-18-42(48(64)54-44)60-49(65)39-17-15-37(31-40(39)50(60)66)56-24-21-35(22-25-56)47(63)51-23-7-5-3-1-2-4-6-10-45(62)58-28-26-57(27-29-58)36-13-11-34(12-14-36)41-32-52-43(59-33-53-55-46(41)59)19-16-38-9-8-30-67-38/h8-9,11-15,17,30-33,35,42H,1-7,10,16,18-29H2,(H,51,63)(H,54,61,64). The first-order valence-electron chi connectivity index (χ1n) is 23.9. The first kappa shape index (κ1) is 45.3. The van der Waals surface area contributed by atoms with Crippen LogP contribution < -0.4 is 20.4 Å². The molecule has 0 radical (unpaired) electrons. The normalized spacial score (nSPS) is 17.9. The van der Waals surface area contributed by atoms with Gasteiger partial charge in [0.2, 0.25) is 23.6 Å². The molecule has 3 saturated heterocycles. The maximum absolute atomic E-state index is 13.3. The monoisotopic (exact) mass is 910 g/mol. The summed E-state index contributed by atoms with van der Waals surface area (Å²) in [6.07, 6.45) is 16.1. The summed E-state index contributed by atoms with van der Waals surface area (Å²) in [6, 6.07) is 16.5. The topological polar surface area (TPSA) is 196 Å². The Morgan fingerprint density at radius 2 is 1.46 bits per heavy atom. The number of aromatic nitrogens is 4. The van der Waals surface area contributed by atoms with Crippen LogP contribution >= 0.6 is 0 Å². The number of carbonyl (C=O) groups is 6. The van der Waals surface area contributed by atoms with E-state index in [1.165, 1.54) is 0 Å². The highest BCUT2D eigenvalue weighted by Crippen LogP contribution is 2.33. The zero-order valence-electron chi connectivity index (χ0n) is 37.9. The lowest BCUT2D eigenvalue weighted by Gasteiger charge is -2.36. The van der Waals surface area contributed by atoms with Gasteiger partial charge in [-0.1, -0.05) is 44.2 Å². The van der Waals surface area contributed by atoms with E-state index in [0.29, 0.717) is 45.3 Å². The number of rotatable bonds is 18. The fraction of sp³-hybridized carbons (Fsp3) is 0.460. The Labute approximate surface area is 389 Å². The van der Waals surface area contributed by atoms with Gasteiger partial charge in [-0.05, 0) is 80.1 Å². The number of anilines is 2. The molecule has 9 rings (SSSR count). The average Bonchev–Trinajstić information content (AvgIpc) is 4.12. The summed E-state index contributed by atoms with van der Waals surface area (Å²) in [7, 11) is 0. The number of furan rings is 1. The molecule has 17 heteroatoms. The SMILES string of the molecule is O=C1CCC(N2C(=O)c3ccc(N4CCC(C(=O)NCCCCCCCCCC(=O)N5CCN(c6ccc(-c7cnc(CCc8ccco8)n8cnnc78)cc6)CC5)CC4)cc3C2=O)C(=O)N1. The number of benzene rings is 2. The van der Waals surface area contributed by atoms with Crippen molar-refractivity contribution in [3.63, 3.8) is 0 Å². The van der Waals surface area contributed by atoms with Gasteiger partial charge in [0, 0.05) is 101 Å². The molecule has 1 atom stereocenters. The van der Waals surface area contributed by atoms with Crippen LogP contribution in [-0.2, 0) is 32.0 Å². The molecule has 6 amide bonds. The van der Waals surface area contributed by atoms with Crippen molar-refractivity contribution >= 4 is 52.5 Å². The second kappa shape index (κ2) is 20.7. The Hall–Kier alpha value is -6.91. The third kappa shape index (κ3) is 10.2. The number of carbonyl (C=O) groups excluding carboxylic acids is 6. The van der Waals surface area contributed by atoms with Crippen LogP contribution in [0.2, 0.25) is 0 Å². The minimum absolute atomic E-state index is 0.0743. The molecule has 350 valence electrons. The molecular weight excluding hydrogens is 853 g/mol. The quantitative estimate of drug-likeness (QED) is 0.0844. The highest BCUT2D eigenvalue weighted by atomic mass is 16.3. The van der Waals surface area contributed by atoms with Crippen LogP contribution in [0.25, 0.3) is 16.8 Å². The number of amides is 6. The van der Waals surface area contributed by atoms with Crippen LogP contribution in [-0.4, -0.2) is 117 Å². The number of hydrogen-bond acceptors (Lipinski definition) is 12. The molecule has 17 nitrogen and oxygen atoms in total. The first-order valence-corrected chi connectivity index (χ1v) is 23.9. The van der Waals surface area contributed by atoms with Crippen molar-refractivity contribution in [3.8, 4) is 11.1 Å². The van der Waals surface area contributed by atoms with E-state index in [2.05, 4.69) is 54.9 Å². The van der Waals surface area contributed by atoms with Gasteiger partial charge in [0.15, 0.2) is 5.65 Å². The Balaban J connectivity index is 0.610. The second-order valence-electron chi connectivity index (χ2n) is 18.1. The molecule has 1 unspecified atom stereocenters. The molecule has 3 fully saturated rings. The molecule has 0 bridgehead atoms. The van der Waals surface area contributed by atoms with Gasteiger partial charge in [-0.2, -0.15) is 0 Å². The average molecular weight is 911 g/mol. The third-order valence-corrected chi connectivity index (χ3v) is 13.8. The van der Waals surface area contributed by atoms with E-state index in [1.54, 1.807) is 24.7 Å². The lowest BCUT2D eigenvalue weighted by atomic mass is 9.95. The molecule has 2 aromatic carbocycles. The fourth-order valence-corrected chi connectivity index (χ4v) is 9.87. The highest BCUT2D eigenvalue weighted by Gasteiger charge is 2.45. The van der Waals surface area contributed by atoms with E-state index < -0.39 is 29.7 Å². The van der Waals surface area contributed by atoms with Crippen LogP contribution in [0.15, 0.2) is 77.8 Å². The fourth-order valence-electron chi connectivity index (χ4n) is 9.87. The summed E-state index contributed by atoms with van der Waals surface area (Å²) in [5.74, 6) is -0.0324. The zero-order valence-corrected chi connectivity index (χ0v) is 37.9. The van der Waals surface area contributed by atoms with Gasteiger partial charge in [0.1, 0.15) is 24.0 Å². The second-order valence-corrected chi connectivity index (χ2v) is 18.1. The summed E-state index contributed by atoms with van der Waals surface area (Å²) in [5, 5.41) is 13.9. The van der Waals surface area contributed by atoms with Crippen LogP contribution in [0.4, 0.5) is 11.4 Å². The van der Waals surface area contributed by atoms with Crippen LogP contribution in [0.3, 0.4) is 0 Å². The summed E-state index contributed by atoms with van der Waals surface area (Å²) >= 11 is 0. The Bertz CT molecular complexity index is 2590. The van der Waals surface area contributed by atoms with Crippen molar-refractivity contribution in [1.29, 1.82) is 0 Å². The van der Waals surface area contributed by atoms with E-state index in [-0.39, 0.29) is 41.7 Å². The molecule has 2 N–H and O–H groups in total. The Morgan fingerprint density at radius 1 is 0.746 bits per heavy atom. The molecule has 4 aliphatic rings. The molecule has 5 aromatic rings. The van der Waals surface area contributed by atoms with E-state index in [1.807, 2.05) is 33.7 Å². The van der Waals surface area contributed by atoms with Crippen molar-refractivity contribution in [2.45, 2.75) is 95.9 Å². The molecular formula is C50H58N10O7. The minimum Gasteiger partial charge on any atom is -0.469 e. The number of unbranched alkanes of at least 4 members (excludes halogenated alkanes) is 6. The maximum atomic E-state index is 13.3. The zero-order chi connectivity index (χ0) is 46.3. The maximum Gasteiger partial charge on any atom is 0.262 e. The van der Waals surface area contributed by atoms with Crippen molar-refractivity contribution in [3.05, 3.63) is 96.1 Å². The molecule has 67 heavy (non-hydrogen) atoms. The lowest BCUT2D eigenvalue weighted by molar-refractivity contribution is -0.136. The van der Waals surface area contributed by atoms with Crippen LogP contribution in [0.1, 0.15) is 109 Å². The van der Waals surface area contributed by atoms with E-state index in [0.717, 1.165) is 122 Å². The predicted octanol–water partition coefficient (Wildman–Crippen LogP) is 5.37. The number of hydrogen-bond donors (Lipinski definition) is 2. The number of fused-ring (bicyclic) bond motifs is 2. The minimum atomic E-state index is -0.997. The molecule has 3 aromatic heterocycles. The van der Waals surface area contributed by atoms with Gasteiger partial charge in [-0.3, -0.25) is 43.4 Å². The van der Waals surface area contributed by atoms with Crippen molar-refractivity contribution in [2.75, 3.05) is 55.6 Å². The summed E-state index contributed by atoms with van der Waals surface area (Å²) < 4.78 is 7.44. The molecule has 0 aliphatic carbocycles. The van der Waals surface area contributed by atoms with Gasteiger partial charge < -0.3 is 24.4 Å². The number of piperazine rings is 1. The lowest BCUT2D eigenvalue weighted by Crippen LogP contribution is -2.54. The predicted molar refractivity (Wildman–Crippen MR) is 249 cm³/mol. The van der Waals surface area contributed by atoms with E-state index in [4.69, 9.17) is 9.40 Å². The van der Waals surface area contributed by atoms with Gasteiger partial charge in [-0.15, -0.1) is 10.2 Å². The van der Waals surface area contributed by atoms with Gasteiger partial charge >= 0.3 is 0 Å². The molecule has 4 aliphatic heterocycles. The van der Waals surface area contributed by atoms with Gasteiger partial charge in [0.25, 0.3) is 11.8 Å². The third-order valence-electron chi connectivity index (χ3n) is 13.8. The number of piperidine rings is 2. The number of aryl methyl sites for hydroxylation is 2. The van der Waals surface area contributed by atoms with Crippen molar-refractivity contribution < 1.29 is 33.2 Å². The highest BCUT2D eigenvalue weighted by molar-refractivity contribution is 6.23. The van der Waals surface area contributed by atoms with Crippen molar-refractivity contribution in [2.24, 2.45) is 5.92 Å². The van der Waals surface area contributed by atoms with Crippen LogP contribution in [0.5, 0.6) is 0 Å². The summed E-state index contributed by atoms with van der Waals surface area (Å²) in [5.41, 5.74) is 5.18. The largest absolute Gasteiger partial charge is 0.469 e. The summed E-state index contributed by atoms with van der Waals surface area (Å²) in [6.45, 7) is 4.99. The van der Waals surface area contributed by atoms with Gasteiger partial charge in [-0.25, -0.2) is 4.98 Å². The van der Waals surface area contributed by atoms with E-state index >= 15 is 0 Å². The first-order chi connectivity index (χ1) is 32.7.